The van der Waals surface area contributed by atoms with Crippen molar-refractivity contribution in [2.45, 2.75) is 6.92 Å². The molecular weight excluding hydrogens is 390 g/mol. The van der Waals surface area contributed by atoms with E-state index in [9.17, 15) is 0 Å². The monoisotopic (exact) mass is 409 g/mol. The van der Waals surface area contributed by atoms with Crippen LogP contribution in [0.1, 0.15) is 6.92 Å². The average Bonchev–Trinajstić information content (AvgIpc) is 3.15. The Balaban J connectivity index is 1.62. The van der Waals surface area contributed by atoms with Gasteiger partial charge in [-0.1, -0.05) is 17.4 Å². The van der Waals surface area contributed by atoms with Crippen LogP contribution in [-0.2, 0) is 0 Å². The van der Waals surface area contributed by atoms with Crippen molar-refractivity contribution in [3.63, 3.8) is 0 Å². The molecule has 29 heavy (non-hydrogen) atoms. The van der Waals surface area contributed by atoms with E-state index in [0.29, 0.717) is 29.9 Å². The van der Waals surface area contributed by atoms with Gasteiger partial charge < -0.3 is 19.5 Å². The van der Waals surface area contributed by atoms with Crippen LogP contribution in [0.2, 0.25) is 0 Å². The molecule has 0 saturated carbocycles. The van der Waals surface area contributed by atoms with E-state index in [4.69, 9.17) is 14.2 Å². The number of benzene rings is 1. The van der Waals surface area contributed by atoms with Gasteiger partial charge in [-0.15, -0.1) is 0 Å². The van der Waals surface area contributed by atoms with Crippen molar-refractivity contribution in [3.05, 3.63) is 42.9 Å². The number of hydrogen-bond donors (Lipinski definition) is 1. The van der Waals surface area contributed by atoms with E-state index in [1.54, 1.807) is 32.8 Å². The molecule has 1 N–H and O–H groups in total. The highest BCUT2D eigenvalue weighted by atomic mass is 32.1. The van der Waals surface area contributed by atoms with Gasteiger partial charge in [0.1, 0.15) is 0 Å². The lowest BCUT2D eigenvalue weighted by atomic mass is 10.1. The van der Waals surface area contributed by atoms with Crippen LogP contribution >= 0.6 is 11.3 Å². The maximum atomic E-state index is 5.39. The maximum Gasteiger partial charge on any atom is 0.256 e. The third kappa shape index (κ3) is 4.04. The number of nitrogens with one attached hydrogen (secondary N) is 1. The molecule has 0 atom stereocenters. The lowest BCUT2D eigenvalue weighted by Crippen LogP contribution is -1.99. The van der Waals surface area contributed by atoms with Gasteiger partial charge in [0.2, 0.25) is 5.88 Å². The van der Waals surface area contributed by atoms with Crippen LogP contribution in [0.4, 0.5) is 10.9 Å². The molecule has 0 spiro atoms. The first kappa shape index (κ1) is 18.9. The van der Waals surface area contributed by atoms with E-state index in [1.165, 1.54) is 11.3 Å². The molecule has 0 saturated heterocycles. The number of thiazole rings is 1. The normalized spacial score (nSPS) is 10.7. The first-order valence-corrected chi connectivity index (χ1v) is 9.72. The Bertz CT molecular complexity index is 1150. The molecule has 8 nitrogen and oxygen atoms in total. The highest BCUT2D eigenvalue weighted by molar-refractivity contribution is 7.22. The fourth-order valence-electron chi connectivity index (χ4n) is 2.78. The van der Waals surface area contributed by atoms with E-state index in [1.807, 2.05) is 25.1 Å². The summed E-state index contributed by atoms with van der Waals surface area (Å²) in [6, 6.07) is 7.96. The Morgan fingerprint density at radius 1 is 1.00 bits per heavy atom. The molecule has 0 fully saturated rings. The number of rotatable bonds is 7. The molecule has 4 rings (SSSR count). The van der Waals surface area contributed by atoms with Gasteiger partial charge in [-0.25, -0.2) is 9.97 Å². The van der Waals surface area contributed by atoms with Gasteiger partial charge >= 0.3 is 0 Å². The summed E-state index contributed by atoms with van der Waals surface area (Å²) in [6.45, 7) is 2.44. The summed E-state index contributed by atoms with van der Waals surface area (Å²) in [5, 5.41) is 3.92. The fourth-order valence-corrected chi connectivity index (χ4v) is 3.69. The minimum absolute atomic E-state index is 0.456. The zero-order valence-corrected chi connectivity index (χ0v) is 17.0. The number of pyridine rings is 1. The van der Waals surface area contributed by atoms with E-state index in [-0.39, 0.29) is 0 Å². The van der Waals surface area contributed by atoms with Crippen LogP contribution in [0.3, 0.4) is 0 Å². The molecule has 3 aromatic heterocycles. The Hall–Kier alpha value is -3.46. The summed E-state index contributed by atoms with van der Waals surface area (Å²) >= 11 is 1.53. The van der Waals surface area contributed by atoms with Gasteiger partial charge in [0, 0.05) is 11.8 Å². The fraction of sp³-hybridized carbons (Fsp3) is 0.200. The van der Waals surface area contributed by atoms with Crippen molar-refractivity contribution in [1.82, 2.24) is 19.9 Å². The van der Waals surface area contributed by atoms with Crippen LogP contribution < -0.4 is 19.5 Å². The largest absolute Gasteiger partial charge is 0.491 e. The van der Waals surface area contributed by atoms with Crippen LogP contribution in [0.25, 0.3) is 21.3 Å². The third-order valence-corrected chi connectivity index (χ3v) is 5.03. The van der Waals surface area contributed by atoms with Crippen molar-refractivity contribution < 1.29 is 14.2 Å². The van der Waals surface area contributed by atoms with Crippen LogP contribution in [0.15, 0.2) is 42.9 Å². The summed E-state index contributed by atoms with van der Waals surface area (Å²) in [6.07, 6.45) is 4.98. The summed E-state index contributed by atoms with van der Waals surface area (Å²) in [4.78, 5) is 17.4. The Morgan fingerprint density at radius 2 is 1.90 bits per heavy atom. The molecule has 3 heterocycles. The number of hydrogen-bond acceptors (Lipinski definition) is 9. The summed E-state index contributed by atoms with van der Waals surface area (Å²) in [5.74, 6) is 2.10. The molecule has 148 valence electrons. The molecule has 4 aromatic rings. The summed E-state index contributed by atoms with van der Waals surface area (Å²) in [7, 11) is 3.16. The third-order valence-electron chi connectivity index (χ3n) is 4.09. The second kappa shape index (κ2) is 8.27. The Kier molecular flexibility index (Phi) is 5.39. The predicted octanol–water partition coefficient (Wildman–Crippen LogP) is 4.31. The second-order valence-corrected chi connectivity index (χ2v) is 6.97. The number of fused-ring (bicyclic) bond motifs is 1. The lowest BCUT2D eigenvalue weighted by Gasteiger charge is -2.08. The zero-order valence-electron chi connectivity index (χ0n) is 16.2. The van der Waals surface area contributed by atoms with Gasteiger partial charge in [0.05, 0.1) is 43.4 Å². The minimum Gasteiger partial charge on any atom is -0.491 e. The molecule has 9 heteroatoms. The molecule has 0 radical (unpaired) electrons. The number of methoxy groups -OCH3 is 2. The number of aromatic nitrogens is 4. The molecule has 0 bridgehead atoms. The van der Waals surface area contributed by atoms with Gasteiger partial charge in [0.15, 0.2) is 16.7 Å². The zero-order chi connectivity index (χ0) is 20.2. The molecule has 0 aliphatic carbocycles. The highest BCUT2D eigenvalue weighted by Gasteiger charge is 2.11. The van der Waals surface area contributed by atoms with Crippen LogP contribution in [0.5, 0.6) is 17.5 Å². The van der Waals surface area contributed by atoms with Gasteiger partial charge in [-0.05, 0) is 30.7 Å². The molecule has 1 aromatic carbocycles. The lowest BCUT2D eigenvalue weighted by molar-refractivity contribution is 0.326. The molecule has 0 unspecified atom stereocenters. The van der Waals surface area contributed by atoms with Crippen LogP contribution in [0, 0.1) is 0 Å². The number of anilines is 2. The smallest absolute Gasteiger partial charge is 0.256 e. The predicted molar refractivity (Wildman–Crippen MR) is 112 cm³/mol. The quantitative estimate of drug-likeness (QED) is 0.483. The first-order valence-electron chi connectivity index (χ1n) is 8.91. The van der Waals surface area contributed by atoms with Crippen molar-refractivity contribution in [2.24, 2.45) is 0 Å². The summed E-state index contributed by atoms with van der Waals surface area (Å²) < 4.78 is 17.0. The molecule has 0 aliphatic rings. The summed E-state index contributed by atoms with van der Waals surface area (Å²) in [5.41, 5.74) is 2.84. The van der Waals surface area contributed by atoms with E-state index >= 15 is 0 Å². The molecule has 0 amide bonds. The van der Waals surface area contributed by atoms with Crippen molar-refractivity contribution in [1.29, 1.82) is 0 Å². The second-order valence-electron chi connectivity index (χ2n) is 5.94. The van der Waals surface area contributed by atoms with Crippen molar-refractivity contribution in [2.75, 3.05) is 26.1 Å². The van der Waals surface area contributed by atoms with E-state index < -0.39 is 0 Å². The number of nitrogens with zero attached hydrogens (tertiary/aromatic N) is 4. The first-order chi connectivity index (χ1) is 14.2. The highest BCUT2D eigenvalue weighted by Crippen LogP contribution is 2.34. The minimum atomic E-state index is 0.456. The van der Waals surface area contributed by atoms with Gasteiger partial charge in [0.25, 0.3) is 5.88 Å². The van der Waals surface area contributed by atoms with E-state index in [2.05, 4.69) is 31.3 Å². The van der Waals surface area contributed by atoms with E-state index in [0.717, 1.165) is 26.5 Å². The van der Waals surface area contributed by atoms with Gasteiger partial charge in [-0.2, -0.15) is 4.98 Å². The molecule has 0 aliphatic heterocycles. The maximum absolute atomic E-state index is 5.39. The average molecular weight is 409 g/mol. The van der Waals surface area contributed by atoms with Crippen molar-refractivity contribution >= 4 is 32.5 Å². The van der Waals surface area contributed by atoms with Gasteiger partial charge in [-0.3, -0.25) is 4.98 Å². The SMILES string of the molecule is CCOc1cncc(Nc2nc3ccc(-c4cnc(OC)c(OC)c4)cc3s2)n1. The standard InChI is InChI=1S/C20H19N5O3S/c1-4-28-18-11-21-10-17(24-18)25-20-23-14-6-5-12(8-16(14)29-20)13-7-15(26-2)19(27-3)22-9-13/h5-11H,4H2,1-3H3,(H,23,24,25). The topological polar surface area (TPSA) is 91.3 Å². The number of ether oxygens (including phenoxy) is 3. The van der Waals surface area contributed by atoms with Crippen LogP contribution in [-0.4, -0.2) is 40.8 Å². The molecular formula is C20H19N5O3S. The Labute approximate surface area is 171 Å². The van der Waals surface area contributed by atoms with Crippen molar-refractivity contribution in [3.8, 4) is 28.6 Å². The Morgan fingerprint density at radius 3 is 2.69 bits per heavy atom.